The number of para-hydroxylation sites is 1. The first-order valence-corrected chi connectivity index (χ1v) is 10.2. The molecule has 7 heteroatoms. The van der Waals surface area contributed by atoms with Gasteiger partial charge in [0.2, 0.25) is 5.91 Å². The molecule has 0 spiro atoms. The molecule has 0 aliphatic heterocycles. The number of aromatic nitrogens is 3. The van der Waals surface area contributed by atoms with Crippen LogP contribution < -0.4 is 5.32 Å². The van der Waals surface area contributed by atoms with E-state index in [9.17, 15) is 9.90 Å². The summed E-state index contributed by atoms with van der Waals surface area (Å²) in [5, 5.41) is 22.4. The van der Waals surface area contributed by atoms with Crippen molar-refractivity contribution in [2.24, 2.45) is 5.92 Å². The number of nitrogens with zero attached hydrogens (tertiary/aromatic N) is 3. The van der Waals surface area contributed by atoms with E-state index in [1.807, 2.05) is 23.6 Å². The van der Waals surface area contributed by atoms with Crippen molar-refractivity contribution in [3.63, 3.8) is 0 Å². The van der Waals surface area contributed by atoms with Gasteiger partial charge in [-0.3, -0.25) is 4.79 Å². The van der Waals surface area contributed by atoms with Crippen molar-refractivity contribution in [2.45, 2.75) is 57.3 Å². The third-order valence-corrected chi connectivity index (χ3v) is 5.94. The summed E-state index contributed by atoms with van der Waals surface area (Å²) in [6.07, 6.45) is 4.71. The highest BCUT2D eigenvalue weighted by Crippen LogP contribution is 2.30. The summed E-state index contributed by atoms with van der Waals surface area (Å²) in [5.74, 6) is 1.71. The van der Waals surface area contributed by atoms with E-state index in [0.717, 1.165) is 6.42 Å². The summed E-state index contributed by atoms with van der Waals surface area (Å²) in [5.41, 5.74) is 0.647. The molecule has 2 aromatic rings. The van der Waals surface area contributed by atoms with Gasteiger partial charge < -0.3 is 15.0 Å². The molecule has 2 atom stereocenters. The summed E-state index contributed by atoms with van der Waals surface area (Å²) in [6, 6.07) is 7.37. The number of carbonyl (C=O) groups is 1. The number of phenolic OH excluding ortho intramolecular Hbond substituents is 1. The van der Waals surface area contributed by atoms with Crippen LogP contribution >= 0.6 is 11.8 Å². The zero-order chi connectivity index (χ0) is 18.5. The number of amides is 1. The quantitative estimate of drug-likeness (QED) is 0.757. The van der Waals surface area contributed by atoms with Gasteiger partial charge in [0.1, 0.15) is 5.75 Å². The van der Waals surface area contributed by atoms with E-state index < -0.39 is 0 Å². The Kier molecular flexibility index (Phi) is 6.19. The monoisotopic (exact) mass is 374 g/mol. The largest absolute Gasteiger partial charge is 0.507 e. The van der Waals surface area contributed by atoms with Crippen molar-refractivity contribution in [3.05, 3.63) is 24.3 Å². The smallest absolute Gasteiger partial charge is 0.230 e. The molecule has 3 rings (SSSR count). The average molecular weight is 375 g/mol. The highest BCUT2D eigenvalue weighted by Gasteiger charge is 2.23. The number of carbonyl (C=O) groups excluding carboxylic acids is 1. The maximum atomic E-state index is 12.3. The lowest BCUT2D eigenvalue weighted by molar-refractivity contribution is -0.119. The van der Waals surface area contributed by atoms with Gasteiger partial charge in [-0.05, 0) is 37.8 Å². The van der Waals surface area contributed by atoms with Crippen molar-refractivity contribution in [3.8, 4) is 17.1 Å². The molecule has 1 aromatic heterocycles. The fourth-order valence-electron chi connectivity index (χ4n) is 3.45. The molecule has 6 nitrogen and oxygen atoms in total. The lowest BCUT2D eigenvalue weighted by atomic mass is 9.86. The maximum absolute atomic E-state index is 12.3. The van der Waals surface area contributed by atoms with Gasteiger partial charge in [0.15, 0.2) is 11.0 Å². The molecule has 2 N–H and O–H groups in total. The maximum Gasteiger partial charge on any atom is 0.230 e. The average Bonchev–Trinajstić information content (AvgIpc) is 3.05. The number of rotatable bonds is 6. The molecule has 0 radical (unpaired) electrons. The molecule has 1 saturated carbocycles. The second-order valence-corrected chi connectivity index (χ2v) is 7.73. The van der Waals surface area contributed by atoms with Crippen LogP contribution in [-0.2, 0) is 11.3 Å². The van der Waals surface area contributed by atoms with Crippen LogP contribution in [0, 0.1) is 5.92 Å². The molecule has 140 valence electrons. The van der Waals surface area contributed by atoms with E-state index in [-0.39, 0.29) is 17.7 Å². The van der Waals surface area contributed by atoms with Gasteiger partial charge in [0.05, 0.1) is 11.3 Å². The number of hydrogen-bond acceptors (Lipinski definition) is 5. The number of phenols is 1. The van der Waals surface area contributed by atoms with Gasteiger partial charge in [-0.15, -0.1) is 10.2 Å². The highest BCUT2D eigenvalue weighted by atomic mass is 32.2. The lowest BCUT2D eigenvalue weighted by Crippen LogP contribution is -2.41. The Morgan fingerprint density at radius 3 is 2.81 bits per heavy atom. The molecule has 0 saturated heterocycles. The van der Waals surface area contributed by atoms with Crippen molar-refractivity contribution < 1.29 is 9.90 Å². The normalized spacial score (nSPS) is 20.1. The standard InChI is InChI=1S/C19H26N4O2S/c1-3-23-18(14-9-5-7-11-16(14)24)21-22-19(23)26-12-17(25)20-15-10-6-4-8-13(15)2/h5,7,9,11,13,15,24H,3-4,6,8,10,12H2,1-2H3,(H,20,25). The highest BCUT2D eigenvalue weighted by molar-refractivity contribution is 7.99. The summed E-state index contributed by atoms with van der Waals surface area (Å²) >= 11 is 1.39. The fourth-order valence-corrected chi connectivity index (χ4v) is 4.27. The van der Waals surface area contributed by atoms with E-state index in [4.69, 9.17) is 0 Å². The topological polar surface area (TPSA) is 80.0 Å². The number of benzene rings is 1. The minimum atomic E-state index is 0.0449. The van der Waals surface area contributed by atoms with Gasteiger partial charge in [0, 0.05) is 12.6 Å². The lowest BCUT2D eigenvalue weighted by Gasteiger charge is -2.29. The Labute approximate surface area is 158 Å². The van der Waals surface area contributed by atoms with Gasteiger partial charge in [-0.25, -0.2) is 0 Å². The van der Waals surface area contributed by atoms with Crippen molar-refractivity contribution in [1.29, 1.82) is 0 Å². The third kappa shape index (κ3) is 4.20. The molecule has 1 aliphatic rings. The molecular formula is C19H26N4O2S. The molecule has 1 aliphatic carbocycles. The van der Waals surface area contributed by atoms with Crippen LogP contribution in [0.25, 0.3) is 11.4 Å². The first-order chi connectivity index (χ1) is 12.6. The minimum absolute atomic E-state index is 0.0449. The Bertz CT molecular complexity index is 762. The Morgan fingerprint density at radius 2 is 2.08 bits per heavy atom. The van der Waals surface area contributed by atoms with E-state index in [1.54, 1.807) is 12.1 Å². The Morgan fingerprint density at radius 1 is 1.31 bits per heavy atom. The molecule has 1 amide bonds. The molecule has 0 bridgehead atoms. The fraction of sp³-hybridized carbons (Fsp3) is 0.526. The SMILES string of the molecule is CCn1c(SCC(=O)NC2CCCCC2C)nnc1-c1ccccc1O. The summed E-state index contributed by atoms with van der Waals surface area (Å²) in [6.45, 7) is 4.88. The van der Waals surface area contributed by atoms with E-state index in [1.165, 1.54) is 31.0 Å². The first kappa shape index (κ1) is 18.8. The number of nitrogens with one attached hydrogen (secondary N) is 1. The van der Waals surface area contributed by atoms with Crippen molar-refractivity contribution in [1.82, 2.24) is 20.1 Å². The molecular weight excluding hydrogens is 348 g/mol. The van der Waals surface area contributed by atoms with E-state index in [2.05, 4.69) is 22.4 Å². The third-order valence-electron chi connectivity index (χ3n) is 4.97. The van der Waals surface area contributed by atoms with Gasteiger partial charge >= 0.3 is 0 Å². The van der Waals surface area contributed by atoms with Crippen LogP contribution in [0.4, 0.5) is 0 Å². The number of aromatic hydroxyl groups is 1. The summed E-state index contributed by atoms with van der Waals surface area (Å²) in [7, 11) is 0. The summed E-state index contributed by atoms with van der Waals surface area (Å²) in [4.78, 5) is 12.3. The van der Waals surface area contributed by atoms with Gasteiger partial charge in [-0.2, -0.15) is 0 Å². The van der Waals surface area contributed by atoms with E-state index >= 15 is 0 Å². The van der Waals surface area contributed by atoms with Crippen LogP contribution in [0.5, 0.6) is 5.75 Å². The molecule has 1 fully saturated rings. The predicted octanol–water partition coefficient (Wildman–Crippen LogP) is 3.46. The zero-order valence-electron chi connectivity index (χ0n) is 15.3. The second-order valence-electron chi connectivity index (χ2n) is 6.79. The van der Waals surface area contributed by atoms with Crippen LogP contribution in [0.1, 0.15) is 39.5 Å². The minimum Gasteiger partial charge on any atom is -0.507 e. The van der Waals surface area contributed by atoms with E-state index in [0.29, 0.717) is 34.8 Å². The molecule has 2 unspecified atom stereocenters. The van der Waals surface area contributed by atoms with Crippen molar-refractivity contribution >= 4 is 17.7 Å². The van der Waals surface area contributed by atoms with Crippen LogP contribution in [0.2, 0.25) is 0 Å². The zero-order valence-corrected chi connectivity index (χ0v) is 16.1. The van der Waals surface area contributed by atoms with Crippen molar-refractivity contribution in [2.75, 3.05) is 5.75 Å². The molecule has 1 heterocycles. The van der Waals surface area contributed by atoms with Gasteiger partial charge in [-0.1, -0.05) is 43.7 Å². The predicted molar refractivity (Wildman–Crippen MR) is 103 cm³/mol. The number of hydrogen-bond donors (Lipinski definition) is 2. The number of thioether (sulfide) groups is 1. The Hall–Kier alpha value is -2.02. The Balaban J connectivity index is 1.65. The molecule has 26 heavy (non-hydrogen) atoms. The van der Waals surface area contributed by atoms with Crippen LogP contribution in [0.15, 0.2) is 29.4 Å². The van der Waals surface area contributed by atoms with Crippen LogP contribution in [0.3, 0.4) is 0 Å². The first-order valence-electron chi connectivity index (χ1n) is 9.24. The second kappa shape index (κ2) is 8.58. The molecule has 1 aromatic carbocycles. The van der Waals surface area contributed by atoms with Crippen LogP contribution in [-0.4, -0.2) is 37.6 Å². The summed E-state index contributed by atoms with van der Waals surface area (Å²) < 4.78 is 1.93. The van der Waals surface area contributed by atoms with Gasteiger partial charge in [0.25, 0.3) is 0 Å².